The summed E-state index contributed by atoms with van der Waals surface area (Å²) >= 11 is 0. The summed E-state index contributed by atoms with van der Waals surface area (Å²) < 4.78 is 22.4. The number of carbonyl (C=O) groups excluding carboxylic acids is 2. The Bertz CT molecular complexity index is 994. The third kappa shape index (κ3) is 4.30. The maximum Gasteiger partial charge on any atom is 0.228 e. The molecule has 8 heteroatoms. The van der Waals surface area contributed by atoms with Gasteiger partial charge in [-0.15, -0.1) is 0 Å². The van der Waals surface area contributed by atoms with Gasteiger partial charge >= 0.3 is 0 Å². The Morgan fingerprint density at radius 3 is 2.59 bits per heavy atom. The number of anilines is 1. The molecule has 2 atom stereocenters. The third-order valence-corrected chi connectivity index (χ3v) is 5.84. The summed E-state index contributed by atoms with van der Waals surface area (Å²) in [6.45, 7) is 3.57. The molecule has 0 saturated carbocycles. The highest BCUT2D eigenvalue weighted by atomic mass is 16.6. The van der Waals surface area contributed by atoms with Gasteiger partial charge in [-0.1, -0.05) is 12.1 Å². The van der Waals surface area contributed by atoms with Gasteiger partial charge in [0.25, 0.3) is 0 Å². The van der Waals surface area contributed by atoms with E-state index in [2.05, 4.69) is 0 Å². The molecule has 32 heavy (non-hydrogen) atoms. The molecule has 2 aromatic carbocycles. The number of amides is 2. The Labute approximate surface area is 187 Å². The van der Waals surface area contributed by atoms with Gasteiger partial charge in [-0.25, -0.2) is 0 Å². The molecule has 0 N–H and O–H groups in total. The molecule has 0 spiro atoms. The van der Waals surface area contributed by atoms with Crippen LogP contribution in [0.2, 0.25) is 0 Å². The lowest BCUT2D eigenvalue weighted by Gasteiger charge is -2.32. The first-order chi connectivity index (χ1) is 15.5. The second-order valence-electron chi connectivity index (χ2n) is 7.82. The van der Waals surface area contributed by atoms with Gasteiger partial charge in [-0.3, -0.25) is 9.59 Å². The number of carbonyl (C=O) groups is 2. The fourth-order valence-electron chi connectivity index (χ4n) is 4.15. The minimum Gasteiger partial charge on any atom is -0.493 e. The Kier molecular flexibility index (Phi) is 6.39. The minimum absolute atomic E-state index is 0.0497. The zero-order chi connectivity index (χ0) is 22.7. The maximum atomic E-state index is 13.2. The molecule has 0 bridgehead atoms. The fourth-order valence-corrected chi connectivity index (χ4v) is 4.15. The standard InChI is InChI=1S/C24H28N2O6/c1-4-25(14-18-15-31-20-7-5-6-8-21(20)32-18)24(28)16-11-23(27)26(13-16)17-9-10-19(29-2)22(12-17)30-3/h5-10,12,16,18H,4,11,13-15H2,1-3H3. The predicted octanol–water partition coefficient (Wildman–Crippen LogP) is 2.75. The smallest absolute Gasteiger partial charge is 0.228 e. The van der Waals surface area contributed by atoms with Crippen molar-refractivity contribution >= 4 is 17.5 Å². The van der Waals surface area contributed by atoms with Gasteiger partial charge in [0.15, 0.2) is 29.1 Å². The van der Waals surface area contributed by atoms with E-state index >= 15 is 0 Å². The van der Waals surface area contributed by atoms with Crippen LogP contribution in [0.1, 0.15) is 13.3 Å². The molecule has 1 fully saturated rings. The molecule has 170 valence electrons. The highest BCUT2D eigenvalue weighted by Gasteiger charge is 2.38. The molecule has 2 aliphatic heterocycles. The topological polar surface area (TPSA) is 77.5 Å². The first-order valence-corrected chi connectivity index (χ1v) is 10.7. The van der Waals surface area contributed by atoms with Crippen LogP contribution < -0.4 is 23.8 Å². The molecule has 0 aliphatic carbocycles. The van der Waals surface area contributed by atoms with E-state index in [1.807, 2.05) is 31.2 Å². The fraction of sp³-hybridized carbons (Fsp3) is 0.417. The van der Waals surface area contributed by atoms with Gasteiger partial charge < -0.3 is 28.7 Å². The van der Waals surface area contributed by atoms with Gasteiger partial charge in [-0.05, 0) is 31.2 Å². The zero-order valence-corrected chi connectivity index (χ0v) is 18.6. The van der Waals surface area contributed by atoms with E-state index in [0.717, 1.165) is 0 Å². The monoisotopic (exact) mass is 440 g/mol. The lowest BCUT2D eigenvalue weighted by atomic mass is 10.1. The number of likely N-dealkylation sites (N-methyl/N-ethyl adjacent to an activating group) is 1. The molecule has 4 rings (SSSR count). The number of benzene rings is 2. The van der Waals surface area contributed by atoms with Crippen LogP contribution in [0.3, 0.4) is 0 Å². The molecular formula is C24H28N2O6. The number of para-hydroxylation sites is 2. The van der Waals surface area contributed by atoms with Gasteiger partial charge in [0.2, 0.25) is 11.8 Å². The van der Waals surface area contributed by atoms with Gasteiger partial charge in [-0.2, -0.15) is 0 Å². The van der Waals surface area contributed by atoms with E-state index in [9.17, 15) is 9.59 Å². The van der Waals surface area contributed by atoms with Crippen molar-refractivity contribution in [3.63, 3.8) is 0 Å². The Morgan fingerprint density at radius 1 is 1.12 bits per heavy atom. The lowest BCUT2D eigenvalue weighted by Crippen LogP contribution is -2.46. The van der Waals surface area contributed by atoms with Crippen molar-refractivity contribution in [3.05, 3.63) is 42.5 Å². The van der Waals surface area contributed by atoms with E-state index < -0.39 is 5.92 Å². The van der Waals surface area contributed by atoms with Crippen LogP contribution in [0.25, 0.3) is 0 Å². The van der Waals surface area contributed by atoms with Crippen molar-refractivity contribution in [2.24, 2.45) is 5.92 Å². The number of ether oxygens (including phenoxy) is 4. The van der Waals surface area contributed by atoms with Gasteiger partial charge in [0.1, 0.15) is 6.61 Å². The molecule has 2 aromatic rings. The van der Waals surface area contributed by atoms with Crippen LogP contribution >= 0.6 is 0 Å². The normalized spacial score (nSPS) is 19.6. The first-order valence-electron chi connectivity index (χ1n) is 10.7. The zero-order valence-electron chi connectivity index (χ0n) is 18.6. The summed E-state index contributed by atoms with van der Waals surface area (Å²) in [5.74, 6) is 1.98. The molecule has 2 aliphatic rings. The van der Waals surface area contributed by atoms with Crippen molar-refractivity contribution in [2.75, 3.05) is 45.4 Å². The first kappa shape index (κ1) is 21.8. The van der Waals surface area contributed by atoms with Gasteiger partial charge in [0.05, 0.1) is 26.7 Å². The lowest BCUT2D eigenvalue weighted by molar-refractivity contribution is -0.137. The highest BCUT2D eigenvalue weighted by Crippen LogP contribution is 2.35. The number of hydrogen-bond donors (Lipinski definition) is 0. The quantitative estimate of drug-likeness (QED) is 0.659. The molecule has 1 saturated heterocycles. The molecule has 2 amide bonds. The number of rotatable bonds is 7. The summed E-state index contributed by atoms with van der Waals surface area (Å²) in [6.07, 6.45) is -0.0815. The van der Waals surface area contributed by atoms with E-state index in [0.29, 0.717) is 54.9 Å². The Hall–Kier alpha value is -3.42. The summed E-state index contributed by atoms with van der Waals surface area (Å²) in [5.41, 5.74) is 0.687. The Morgan fingerprint density at radius 2 is 1.88 bits per heavy atom. The van der Waals surface area contributed by atoms with E-state index in [1.165, 1.54) is 0 Å². The summed E-state index contributed by atoms with van der Waals surface area (Å²) in [4.78, 5) is 29.3. The molecule has 2 heterocycles. The maximum absolute atomic E-state index is 13.2. The number of hydrogen-bond acceptors (Lipinski definition) is 6. The van der Waals surface area contributed by atoms with Crippen molar-refractivity contribution in [1.29, 1.82) is 0 Å². The van der Waals surface area contributed by atoms with Crippen molar-refractivity contribution in [3.8, 4) is 23.0 Å². The molecule has 0 aromatic heterocycles. The summed E-state index contributed by atoms with van der Waals surface area (Å²) in [6, 6.07) is 12.8. The second-order valence-corrected chi connectivity index (χ2v) is 7.82. The molecular weight excluding hydrogens is 412 g/mol. The van der Waals surface area contributed by atoms with Crippen molar-refractivity contribution in [1.82, 2.24) is 4.90 Å². The average Bonchev–Trinajstić information content (AvgIpc) is 3.23. The molecule has 0 radical (unpaired) electrons. The predicted molar refractivity (Wildman–Crippen MR) is 119 cm³/mol. The average molecular weight is 440 g/mol. The van der Waals surface area contributed by atoms with Crippen LogP contribution in [-0.4, -0.2) is 63.3 Å². The van der Waals surface area contributed by atoms with E-state index in [1.54, 1.807) is 42.2 Å². The van der Waals surface area contributed by atoms with Crippen molar-refractivity contribution < 1.29 is 28.5 Å². The third-order valence-electron chi connectivity index (χ3n) is 5.84. The highest BCUT2D eigenvalue weighted by molar-refractivity contribution is 6.00. The number of nitrogens with zero attached hydrogens (tertiary/aromatic N) is 2. The van der Waals surface area contributed by atoms with E-state index in [-0.39, 0.29) is 24.3 Å². The van der Waals surface area contributed by atoms with Crippen LogP contribution in [0.4, 0.5) is 5.69 Å². The van der Waals surface area contributed by atoms with E-state index in [4.69, 9.17) is 18.9 Å². The van der Waals surface area contributed by atoms with Crippen molar-refractivity contribution in [2.45, 2.75) is 19.4 Å². The summed E-state index contributed by atoms with van der Waals surface area (Å²) in [7, 11) is 3.11. The minimum atomic E-state index is -0.410. The van der Waals surface area contributed by atoms with Crippen LogP contribution in [0.5, 0.6) is 23.0 Å². The Balaban J connectivity index is 1.42. The molecule has 2 unspecified atom stereocenters. The van der Waals surface area contributed by atoms with Crippen LogP contribution in [0, 0.1) is 5.92 Å². The SMILES string of the molecule is CCN(CC1COc2ccccc2O1)C(=O)C1CC(=O)N(c2ccc(OC)c(OC)c2)C1. The largest absolute Gasteiger partial charge is 0.493 e. The second kappa shape index (κ2) is 9.38. The molecule has 8 nitrogen and oxygen atoms in total. The van der Waals surface area contributed by atoms with Crippen LogP contribution in [-0.2, 0) is 9.59 Å². The van der Waals surface area contributed by atoms with Gasteiger partial charge in [0, 0.05) is 31.3 Å². The number of fused-ring (bicyclic) bond motifs is 1. The number of methoxy groups -OCH3 is 2. The summed E-state index contributed by atoms with van der Waals surface area (Å²) in [5, 5.41) is 0. The van der Waals surface area contributed by atoms with Crippen LogP contribution in [0.15, 0.2) is 42.5 Å².